The summed E-state index contributed by atoms with van der Waals surface area (Å²) in [5, 5.41) is 0.213. The molecule has 0 radical (unpaired) electrons. The van der Waals surface area contributed by atoms with Crippen molar-refractivity contribution in [3.05, 3.63) is 12.5 Å². The fraction of sp³-hybridized carbons (Fsp3) is 0.812. The van der Waals surface area contributed by atoms with Crippen LogP contribution >= 0.6 is 0 Å². The predicted molar refractivity (Wildman–Crippen MR) is 86.0 cm³/mol. The fourth-order valence-corrected chi connectivity index (χ4v) is 5.58. The number of sulfonamides is 1. The Hall–Kier alpha value is -0.880. The third kappa shape index (κ3) is 3.23. The Labute approximate surface area is 133 Å². The van der Waals surface area contributed by atoms with E-state index in [4.69, 9.17) is 0 Å². The first-order chi connectivity index (χ1) is 10.6. The van der Waals surface area contributed by atoms with Crippen LogP contribution in [0.2, 0.25) is 0 Å². The maximum atomic E-state index is 12.9. The molecule has 0 amide bonds. The van der Waals surface area contributed by atoms with Gasteiger partial charge in [0.2, 0.25) is 0 Å². The van der Waals surface area contributed by atoms with E-state index >= 15 is 0 Å². The SMILES string of the molecule is CCn1cnc(S(=O)(=O)N2CCCC2CC2CCCCC2)c1. The molecule has 1 unspecified atom stereocenters. The lowest BCUT2D eigenvalue weighted by Gasteiger charge is -2.29. The zero-order chi connectivity index (χ0) is 15.6. The normalized spacial score (nSPS) is 24.9. The molecule has 3 rings (SSSR count). The van der Waals surface area contributed by atoms with Gasteiger partial charge in [0.25, 0.3) is 10.0 Å². The van der Waals surface area contributed by atoms with Crippen LogP contribution in [0.5, 0.6) is 0 Å². The first kappa shape index (κ1) is 16.0. The molecule has 2 aliphatic rings. The molecule has 6 heteroatoms. The van der Waals surface area contributed by atoms with E-state index < -0.39 is 10.0 Å². The molecule has 0 aromatic carbocycles. The van der Waals surface area contributed by atoms with Crippen LogP contribution in [0, 0.1) is 5.92 Å². The Morgan fingerprint density at radius 1 is 1.18 bits per heavy atom. The Bertz CT molecular complexity index is 590. The quantitative estimate of drug-likeness (QED) is 0.836. The molecule has 1 atom stereocenters. The molecule has 1 saturated heterocycles. The zero-order valence-electron chi connectivity index (χ0n) is 13.4. The van der Waals surface area contributed by atoms with Crippen LogP contribution in [0.15, 0.2) is 17.6 Å². The predicted octanol–water partition coefficient (Wildman–Crippen LogP) is 3.03. The summed E-state index contributed by atoms with van der Waals surface area (Å²) in [6.45, 7) is 3.38. The van der Waals surface area contributed by atoms with E-state index in [-0.39, 0.29) is 11.1 Å². The van der Waals surface area contributed by atoms with Crippen molar-refractivity contribution in [3.63, 3.8) is 0 Å². The van der Waals surface area contributed by atoms with Gasteiger partial charge < -0.3 is 4.57 Å². The van der Waals surface area contributed by atoms with E-state index in [1.54, 1.807) is 16.8 Å². The molecule has 0 spiro atoms. The van der Waals surface area contributed by atoms with Crippen molar-refractivity contribution < 1.29 is 8.42 Å². The number of hydrogen-bond acceptors (Lipinski definition) is 3. The largest absolute Gasteiger partial charge is 0.336 e. The van der Waals surface area contributed by atoms with Crippen molar-refractivity contribution >= 4 is 10.0 Å². The number of hydrogen-bond donors (Lipinski definition) is 0. The minimum atomic E-state index is -3.43. The van der Waals surface area contributed by atoms with E-state index in [1.807, 2.05) is 11.5 Å². The molecule has 2 heterocycles. The highest BCUT2D eigenvalue weighted by Crippen LogP contribution is 2.34. The monoisotopic (exact) mass is 325 g/mol. The van der Waals surface area contributed by atoms with Crippen LogP contribution in [0.1, 0.15) is 58.3 Å². The van der Waals surface area contributed by atoms with Crippen LogP contribution in [0.4, 0.5) is 0 Å². The number of aromatic nitrogens is 2. The van der Waals surface area contributed by atoms with Crippen molar-refractivity contribution in [3.8, 4) is 0 Å². The van der Waals surface area contributed by atoms with Crippen molar-refractivity contribution in [2.75, 3.05) is 6.54 Å². The maximum Gasteiger partial charge on any atom is 0.262 e. The lowest BCUT2D eigenvalue weighted by molar-refractivity contribution is 0.267. The van der Waals surface area contributed by atoms with E-state index in [0.29, 0.717) is 12.5 Å². The standard InChI is InChI=1S/C16H27N3O2S/c1-2-18-12-16(17-13-18)22(20,21)19-10-6-9-15(19)11-14-7-4-3-5-8-14/h12-15H,2-11H2,1H3. The first-order valence-electron chi connectivity index (χ1n) is 8.65. The Morgan fingerprint density at radius 3 is 2.64 bits per heavy atom. The van der Waals surface area contributed by atoms with E-state index in [0.717, 1.165) is 25.8 Å². The van der Waals surface area contributed by atoms with Crippen LogP contribution < -0.4 is 0 Å². The Kier molecular flexibility index (Phi) is 4.88. The summed E-state index contributed by atoms with van der Waals surface area (Å²) in [4.78, 5) is 4.12. The highest BCUT2D eigenvalue weighted by molar-refractivity contribution is 7.89. The zero-order valence-corrected chi connectivity index (χ0v) is 14.3. The van der Waals surface area contributed by atoms with Crippen LogP contribution in [-0.2, 0) is 16.6 Å². The fourth-order valence-electron chi connectivity index (χ4n) is 3.93. The van der Waals surface area contributed by atoms with Crippen molar-refractivity contribution in [2.24, 2.45) is 5.92 Å². The van der Waals surface area contributed by atoms with Gasteiger partial charge in [-0.2, -0.15) is 4.31 Å². The second-order valence-corrected chi connectivity index (χ2v) is 8.53. The summed E-state index contributed by atoms with van der Waals surface area (Å²) < 4.78 is 29.3. The third-order valence-electron chi connectivity index (χ3n) is 5.20. The van der Waals surface area contributed by atoms with Gasteiger partial charge in [-0.15, -0.1) is 0 Å². The van der Waals surface area contributed by atoms with Gasteiger partial charge >= 0.3 is 0 Å². The summed E-state index contributed by atoms with van der Waals surface area (Å²) in [6, 6.07) is 0.180. The molecule has 1 aliphatic heterocycles. The molecule has 0 N–H and O–H groups in total. The highest BCUT2D eigenvalue weighted by Gasteiger charge is 2.37. The van der Waals surface area contributed by atoms with Crippen LogP contribution in [0.3, 0.4) is 0 Å². The minimum Gasteiger partial charge on any atom is -0.336 e. The number of aryl methyl sites for hydroxylation is 1. The summed E-state index contributed by atoms with van der Waals surface area (Å²) in [7, 11) is -3.43. The molecule has 22 heavy (non-hydrogen) atoms. The lowest BCUT2D eigenvalue weighted by Crippen LogP contribution is -2.37. The highest BCUT2D eigenvalue weighted by atomic mass is 32.2. The van der Waals surface area contributed by atoms with E-state index in [1.165, 1.54) is 32.1 Å². The number of imidazole rings is 1. The van der Waals surface area contributed by atoms with Gasteiger partial charge in [-0.1, -0.05) is 32.1 Å². The molecular formula is C16H27N3O2S. The lowest BCUT2D eigenvalue weighted by atomic mass is 9.84. The topological polar surface area (TPSA) is 55.2 Å². The minimum absolute atomic E-state index is 0.180. The second-order valence-electron chi connectivity index (χ2n) is 6.69. The van der Waals surface area contributed by atoms with Gasteiger partial charge in [0.1, 0.15) is 0 Å². The summed E-state index contributed by atoms with van der Waals surface area (Å²) in [5.74, 6) is 0.711. The van der Waals surface area contributed by atoms with Gasteiger partial charge in [-0.3, -0.25) is 0 Å². The molecule has 1 saturated carbocycles. The summed E-state index contributed by atoms with van der Waals surface area (Å²) in [5.41, 5.74) is 0. The molecule has 2 fully saturated rings. The Balaban J connectivity index is 1.73. The molecule has 1 aliphatic carbocycles. The maximum absolute atomic E-state index is 12.9. The van der Waals surface area contributed by atoms with Crippen molar-refractivity contribution in [1.82, 2.24) is 13.9 Å². The molecule has 1 aromatic heterocycles. The van der Waals surface area contributed by atoms with Gasteiger partial charge in [0, 0.05) is 25.3 Å². The van der Waals surface area contributed by atoms with Crippen LogP contribution in [0.25, 0.3) is 0 Å². The van der Waals surface area contributed by atoms with Gasteiger partial charge in [0.15, 0.2) is 5.03 Å². The number of rotatable bonds is 5. The summed E-state index contributed by atoms with van der Waals surface area (Å²) >= 11 is 0. The average Bonchev–Trinajstić information content (AvgIpc) is 3.17. The van der Waals surface area contributed by atoms with E-state index in [9.17, 15) is 8.42 Å². The van der Waals surface area contributed by atoms with Crippen LogP contribution in [-0.4, -0.2) is 34.9 Å². The number of nitrogens with zero attached hydrogens (tertiary/aromatic N) is 3. The van der Waals surface area contributed by atoms with Gasteiger partial charge in [0.05, 0.1) is 6.33 Å². The average molecular weight is 325 g/mol. The first-order valence-corrected chi connectivity index (χ1v) is 10.1. The summed E-state index contributed by atoms with van der Waals surface area (Å²) in [6.07, 6.45) is 12.8. The van der Waals surface area contributed by atoms with Gasteiger partial charge in [-0.05, 0) is 32.1 Å². The van der Waals surface area contributed by atoms with Crippen molar-refractivity contribution in [2.45, 2.75) is 75.9 Å². The molecule has 0 bridgehead atoms. The molecular weight excluding hydrogens is 298 g/mol. The Morgan fingerprint density at radius 2 is 1.95 bits per heavy atom. The molecule has 1 aromatic rings. The second kappa shape index (κ2) is 6.71. The van der Waals surface area contributed by atoms with E-state index in [2.05, 4.69) is 4.98 Å². The van der Waals surface area contributed by atoms with Crippen molar-refractivity contribution in [1.29, 1.82) is 0 Å². The van der Waals surface area contributed by atoms with Gasteiger partial charge in [-0.25, -0.2) is 13.4 Å². The smallest absolute Gasteiger partial charge is 0.262 e. The third-order valence-corrected chi connectivity index (χ3v) is 7.04. The molecule has 124 valence electrons. The molecule has 5 nitrogen and oxygen atoms in total.